The number of esters is 2. The summed E-state index contributed by atoms with van der Waals surface area (Å²) in [5, 5.41) is 0. The zero-order valence-electron chi connectivity index (χ0n) is 11.0. The zero-order chi connectivity index (χ0) is 13.0. The molecule has 0 aromatic heterocycles. The van der Waals surface area contributed by atoms with E-state index >= 15 is 0 Å². The van der Waals surface area contributed by atoms with Crippen LogP contribution >= 0.6 is 0 Å². The highest BCUT2D eigenvalue weighted by Crippen LogP contribution is 2.38. The summed E-state index contributed by atoms with van der Waals surface area (Å²) in [6.45, 7) is 7.26. The van der Waals surface area contributed by atoms with Gasteiger partial charge in [0, 0.05) is 0 Å². The van der Waals surface area contributed by atoms with Crippen molar-refractivity contribution >= 4 is 11.9 Å². The minimum absolute atomic E-state index is 0.285. The summed E-state index contributed by atoms with van der Waals surface area (Å²) in [6.07, 6.45) is 1.04. The Hall–Kier alpha value is -1.06. The van der Waals surface area contributed by atoms with Crippen LogP contribution in [0.15, 0.2) is 0 Å². The van der Waals surface area contributed by atoms with E-state index in [1.807, 2.05) is 13.8 Å². The van der Waals surface area contributed by atoms with Gasteiger partial charge in [-0.25, -0.2) is 0 Å². The number of carbonyl (C=O) groups excluding carboxylic acids is 2. The Balaban J connectivity index is 4.91. The third kappa shape index (κ3) is 3.22. The van der Waals surface area contributed by atoms with Crippen LogP contribution in [0.1, 0.15) is 40.5 Å². The van der Waals surface area contributed by atoms with Crippen LogP contribution in [-0.4, -0.2) is 26.2 Å². The molecule has 16 heavy (non-hydrogen) atoms. The minimum atomic E-state index is -0.687. The molecule has 0 heterocycles. The Bertz CT molecular complexity index is 270. The summed E-state index contributed by atoms with van der Waals surface area (Å²) >= 11 is 0. The highest BCUT2D eigenvalue weighted by Gasteiger charge is 2.42. The number of rotatable bonds is 5. The molecule has 0 aliphatic carbocycles. The summed E-state index contributed by atoms with van der Waals surface area (Å²) in [6, 6.07) is 0. The first kappa shape index (κ1) is 14.9. The first-order valence-corrected chi connectivity index (χ1v) is 5.40. The first-order chi connectivity index (χ1) is 7.23. The monoisotopic (exact) mass is 230 g/mol. The number of hydrogen-bond donors (Lipinski definition) is 0. The van der Waals surface area contributed by atoms with Gasteiger partial charge in [0.25, 0.3) is 0 Å². The summed E-state index contributed by atoms with van der Waals surface area (Å²) < 4.78 is 9.50. The molecule has 0 aromatic carbocycles. The average molecular weight is 230 g/mol. The molecule has 0 saturated carbocycles. The van der Waals surface area contributed by atoms with Crippen LogP contribution in [0, 0.1) is 10.8 Å². The van der Waals surface area contributed by atoms with Crippen molar-refractivity contribution in [2.45, 2.75) is 40.5 Å². The molecule has 0 aliphatic rings. The van der Waals surface area contributed by atoms with Crippen LogP contribution in [0.5, 0.6) is 0 Å². The van der Waals surface area contributed by atoms with Crippen LogP contribution in [-0.2, 0) is 19.1 Å². The third-order valence-electron chi connectivity index (χ3n) is 3.03. The maximum absolute atomic E-state index is 11.7. The molecule has 0 unspecified atom stereocenters. The van der Waals surface area contributed by atoms with Gasteiger partial charge in [0.15, 0.2) is 0 Å². The van der Waals surface area contributed by atoms with Gasteiger partial charge in [-0.15, -0.1) is 0 Å². The van der Waals surface area contributed by atoms with Crippen LogP contribution < -0.4 is 0 Å². The summed E-state index contributed by atoms with van der Waals surface area (Å²) in [5.74, 6) is -0.594. The smallest absolute Gasteiger partial charge is 0.311 e. The molecule has 0 aromatic rings. The third-order valence-corrected chi connectivity index (χ3v) is 3.03. The van der Waals surface area contributed by atoms with Crippen molar-refractivity contribution in [2.24, 2.45) is 10.8 Å². The second-order valence-corrected chi connectivity index (χ2v) is 4.96. The van der Waals surface area contributed by atoms with E-state index in [0.29, 0.717) is 12.8 Å². The molecule has 0 fully saturated rings. The normalized spacial score (nSPS) is 15.1. The van der Waals surface area contributed by atoms with E-state index in [4.69, 9.17) is 9.47 Å². The van der Waals surface area contributed by atoms with E-state index in [2.05, 4.69) is 0 Å². The van der Waals surface area contributed by atoms with Crippen LogP contribution in [0.3, 0.4) is 0 Å². The molecular formula is C12H22O4. The standard InChI is InChI=1S/C12H22O4/c1-7-12(4,10(14)16-6)8-11(2,3)9(13)15-5/h7-8H2,1-6H3/t12-/m1/s1. The highest BCUT2D eigenvalue weighted by atomic mass is 16.5. The molecule has 4 nitrogen and oxygen atoms in total. The molecule has 0 saturated heterocycles. The van der Waals surface area contributed by atoms with Crippen molar-refractivity contribution in [3.05, 3.63) is 0 Å². The maximum atomic E-state index is 11.7. The molecule has 0 bridgehead atoms. The van der Waals surface area contributed by atoms with Gasteiger partial charge in [-0.2, -0.15) is 0 Å². The molecule has 0 N–H and O–H groups in total. The van der Waals surface area contributed by atoms with Gasteiger partial charge in [0.1, 0.15) is 0 Å². The molecule has 1 atom stereocenters. The Morgan fingerprint density at radius 3 is 1.75 bits per heavy atom. The SMILES string of the molecule is CC[C@](C)(CC(C)(C)C(=O)OC)C(=O)OC. The average Bonchev–Trinajstić information content (AvgIpc) is 2.25. The van der Waals surface area contributed by atoms with E-state index < -0.39 is 10.8 Å². The molecule has 0 aliphatic heterocycles. The Kier molecular flexibility index (Phi) is 4.97. The van der Waals surface area contributed by atoms with Crippen LogP contribution in [0.4, 0.5) is 0 Å². The Morgan fingerprint density at radius 2 is 1.44 bits per heavy atom. The second kappa shape index (κ2) is 5.32. The van der Waals surface area contributed by atoms with Crippen molar-refractivity contribution in [1.29, 1.82) is 0 Å². The first-order valence-electron chi connectivity index (χ1n) is 5.40. The van der Waals surface area contributed by atoms with Gasteiger partial charge < -0.3 is 9.47 Å². The number of carbonyl (C=O) groups is 2. The summed E-state index contributed by atoms with van der Waals surface area (Å²) in [7, 11) is 2.72. The predicted octanol–water partition coefficient (Wildman–Crippen LogP) is 2.17. The molecule has 0 radical (unpaired) electrons. The van der Waals surface area contributed by atoms with E-state index in [0.717, 1.165) is 0 Å². The number of hydrogen-bond acceptors (Lipinski definition) is 4. The predicted molar refractivity (Wildman–Crippen MR) is 60.8 cm³/mol. The fourth-order valence-corrected chi connectivity index (χ4v) is 1.91. The van der Waals surface area contributed by atoms with Crippen LogP contribution in [0.25, 0.3) is 0 Å². The topological polar surface area (TPSA) is 52.6 Å². The summed E-state index contributed by atoms with van der Waals surface area (Å²) in [5.41, 5.74) is -1.33. The van der Waals surface area contributed by atoms with Crippen molar-refractivity contribution in [1.82, 2.24) is 0 Å². The van der Waals surface area contributed by atoms with Crippen molar-refractivity contribution in [2.75, 3.05) is 14.2 Å². The lowest BCUT2D eigenvalue weighted by atomic mass is 9.72. The lowest BCUT2D eigenvalue weighted by Crippen LogP contribution is -2.37. The van der Waals surface area contributed by atoms with Crippen LogP contribution in [0.2, 0.25) is 0 Å². The van der Waals surface area contributed by atoms with Gasteiger partial charge in [0.2, 0.25) is 0 Å². The van der Waals surface area contributed by atoms with Crippen molar-refractivity contribution in [3.63, 3.8) is 0 Å². The molecule has 0 rings (SSSR count). The fraction of sp³-hybridized carbons (Fsp3) is 0.833. The van der Waals surface area contributed by atoms with Crippen molar-refractivity contribution in [3.8, 4) is 0 Å². The van der Waals surface area contributed by atoms with Gasteiger partial charge in [0.05, 0.1) is 25.0 Å². The molecule has 0 spiro atoms. The quantitative estimate of drug-likeness (QED) is 0.679. The Morgan fingerprint density at radius 1 is 1.00 bits per heavy atom. The number of ether oxygens (including phenoxy) is 2. The van der Waals surface area contributed by atoms with E-state index in [1.165, 1.54) is 14.2 Å². The zero-order valence-corrected chi connectivity index (χ0v) is 11.0. The maximum Gasteiger partial charge on any atom is 0.311 e. The molecule has 4 heteroatoms. The minimum Gasteiger partial charge on any atom is -0.469 e. The lowest BCUT2D eigenvalue weighted by molar-refractivity contribution is -0.159. The van der Waals surface area contributed by atoms with Gasteiger partial charge in [-0.3, -0.25) is 9.59 Å². The van der Waals surface area contributed by atoms with E-state index in [1.54, 1.807) is 13.8 Å². The number of methoxy groups -OCH3 is 2. The highest BCUT2D eigenvalue weighted by molar-refractivity contribution is 5.80. The summed E-state index contributed by atoms with van der Waals surface area (Å²) in [4.78, 5) is 23.2. The lowest BCUT2D eigenvalue weighted by Gasteiger charge is -2.32. The van der Waals surface area contributed by atoms with Gasteiger partial charge in [-0.1, -0.05) is 6.92 Å². The molecule has 0 amide bonds. The van der Waals surface area contributed by atoms with E-state index in [-0.39, 0.29) is 11.9 Å². The van der Waals surface area contributed by atoms with Crippen molar-refractivity contribution < 1.29 is 19.1 Å². The van der Waals surface area contributed by atoms with E-state index in [9.17, 15) is 9.59 Å². The molecular weight excluding hydrogens is 208 g/mol. The molecule has 94 valence electrons. The van der Waals surface area contributed by atoms with Gasteiger partial charge in [-0.05, 0) is 33.6 Å². The second-order valence-electron chi connectivity index (χ2n) is 4.96. The van der Waals surface area contributed by atoms with Gasteiger partial charge >= 0.3 is 11.9 Å². The Labute approximate surface area is 97.3 Å². The largest absolute Gasteiger partial charge is 0.469 e. The fourth-order valence-electron chi connectivity index (χ4n) is 1.91.